The summed E-state index contributed by atoms with van der Waals surface area (Å²) in [6.45, 7) is 6.11. The first-order chi connectivity index (χ1) is 8.90. The highest BCUT2D eigenvalue weighted by Crippen LogP contribution is 2.29. The van der Waals surface area contributed by atoms with Gasteiger partial charge in [-0.05, 0) is 37.3 Å². The largest absolute Gasteiger partial charge is 0.380 e. The highest BCUT2D eigenvalue weighted by Gasteiger charge is 2.22. The summed E-state index contributed by atoms with van der Waals surface area (Å²) in [6.07, 6.45) is 3.92. The number of hydrogen-bond donors (Lipinski definition) is 1. The molecule has 1 saturated carbocycles. The fraction of sp³-hybridized carbons (Fsp3) is 0.625. The third-order valence-corrected chi connectivity index (χ3v) is 3.46. The minimum absolute atomic E-state index is 0.483. The van der Waals surface area contributed by atoms with E-state index in [4.69, 9.17) is 4.74 Å². The van der Waals surface area contributed by atoms with Crippen molar-refractivity contribution in [2.45, 2.75) is 32.1 Å². The van der Waals surface area contributed by atoms with E-state index in [1.54, 1.807) is 0 Å². The number of hydrogen-bond acceptors (Lipinski definition) is 2. The van der Waals surface area contributed by atoms with Crippen LogP contribution in [0.3, 0.4) is 0 Å². The van der Waals surface area contributed by atoms with Gasteiger partial charge in [0.05, 0.1) is 6.61 Å². The van der Waals surface area contributed by atoms with Crippen molar-refractivity contribution in [3.63, 3.8) is 0 Å². The summed E-state index contributed by atoms with van der Waals surface area (Å²) in [7, 11) is 0. The molecule has 1 aromatic rings. The van der Waals surface area contributed by atoms with E-state index < -0.39 is 0 Å². The molecule has 2 nitrogen and oxygen atoms in total. The first kappa shape index (κ1) is 13.6. The van der Waals surface area contributed by atoms with Crippen molar-refractivity contribution in [1.82, 2.24) is 5.32 Å². The summed E-state index contributed by atoms with van der Waals surface area (Å²) < 4.78 is 5.86. The highest BCUT2D eigenvalue weighted by molar-refractivity contribution is 5.20. The van der Waals surface area contributed by atoms with Crippen LogP contribution in [0.4, 0.5) is 0 Å². The van der Waals surface area contributed by atoms with Gasteiger partial charge in [0.1, 0.15) is 0 Å². The molecule has 0 aliphatic heterocycles. The van der Waals surface area contributed by atoms with E-state index in [0.717, 1.165) is 32.2 Å². The number of benzene rings is 1. The maximum Gasteiger partial charge on any atom is 0.0547 e. The van der Waals surface area contributed by atoms with Crippen LogP contribution in [-0.2, 0) is 4.74 Å². The molecule has 1 aliphatic rings. The summed E-state index contributed by atoms with van der Waals surface area (Å²) in [5, 5.41) is 3.51. The van der Waals surface area contributed by atoms with Crippen LogP contribution < -0.4 is 5.32 Å². The molecule has 2 heteroatoms. The van der Waals surface area contributed by atoms with Crippen molar-refractivity contribution in [2.75, 3.05) is 26.3 Å². The fourth-order valence-corrected chi connectivity index (χ4v) is 2.11. The van der Waals surface area contributed by atoms with Crippen molar-refractivity contribution in [1.29, 1.82) is 0 Å². The molecule has 1 aromatic carbocycles. The van der Waals surface area contributed by atoms with E-state index in [9.17, 15) is 0 Å². The molecular weight excluding hydrogens is 222 g/mol. The van der Waals surface area contributed by atoms with Crippen LogP contribution in [0, 0.1) is 5.92 Å². The Morgan fingerprint density at radius 3 is 2.72 bits per heavy atom. The summed E-state index contributed by atoms with van der Waals surface area (Å²) in [5.74, 6) is 1.33. The molecule has 0 bridgehead atoms. The predicted octanol–water partition coefficient (Wildman–Crippen LogP) is 3.20. The standard InChI is InChI=1S/C16H25NO/c1-2-10-17-11-16(13-18-12-14-8-9-14)15-6-4-3-5-7-15/h3-7,14,16-17H,2,8-13H2,1H3. The lowest BCUT2D eigenvalue weighted by Gasteiger charge is -2.18. The van der Waals surface area contributed by atoms with Crippen molar-refractivity contribution in [2.24, 2.45) is 5.92 Å². The molecule has 0 radical (unpaired) electrons. The molecule has 0 aromatic heterocycles. The van der Waals surface area contributed by atoms with Crippen LogP contribution in [0.15, 0.2) is 30.3 Å². The zero-order valence-electron chi connectivity index (χ0n) is 11.4. The Balaban J connectivity index is 1.80. The van der Waals surface area contributed by atoms with Gasteiger partial charge >= 0.3 is 0 Å². The van der Waals surface area contributed by atoms with Gasteiger partial charge in [-0.1, -0.05) is 37.3 Å². The lowest BCUT2D eigenvalue weighted by molar-refractivity contribution is 0.110. The van der Waals surface area contributed by atoms with Crippen LogP contribution in [0.25, 0.3) is 0 Å². The zero-order valence-corrected chi connectivity index (χ0v) is 11.4. The molecule has 0 amide bonds. The Labute approximate surface area is 111 Å². The van der Waals surface area contributed by atoms with Gasteiger partial charge in [-0.3, -0.25) is 0 Å². The molecule has 1 fully saturated rings. The van der Waals surface area contributed by atoms with E-state index in [1.807, 2.05) is 0 Å². The van der Waals surface area contributed by atoms with Crippen LogP contribution in [-0.4, -0.2) is 26.3 Å². The Morgan fingerprint density at radius 1 is 1.28 bits per heavy atom. The fourth-order valence-electron chi connectivity index (χ4n) is 2.11. The Hall–Kier alpha value is -0.860. The lowest BCUT2D eigenvalue weighted by Crippen LogP contribution is -2.25. The minimum Gasteiger partial charge on any atom is -0.380 e. The van der Waals surface area contributed by atoms with Gasteiger partial charge in [-0.25, -0.2) is 0 Å². The first-order valence-corrected chi connectivity index (χ1v) is 7.23. The molecule has 0 saturated heterocycles. The van der Waals surface area contributed by atoms with Crippen molar-refractivity contribution in [3.8, 4) is 0 Å². The topological polar surface area (TPSA) is 21.3 Å². The molecule has 1 atom stereocenters. The van der Waals surface area contributed by atoms with E-state index in [-0.39, 0.29) is 0 Å². The first-order valence-electron chi connectivity index (χ1n) is 7.23. The summed E-state index contributed by atoms with van der Waals surface area (Å²) in [5.41, 5.74) is 1.39. The highest BCUT2D eigenvalue weighted by atomic mass is 16.5. The summed E-state index contributed by atoms with van der Waals surface area (Å²) in [6, 6.07) is 10.7. The lowest BCUT2D eigenvalue weighted by atomic mass is 10.00. The Kier molecular flexibility index (Phi) is 5.69. The van der Waals surface area contributed by atoms with Crippen LogP contribution in [0.2, 0.25) is 0 Å². The van der Waals surface area contributed by atoms with Gasteiger partial charge in [-0.15, -0.1) is 0 Å². The van der Waals surface area contributed by atoms with Gasteiger partial charge < -0.3 is 10.1 Å². The van der Waals surface area contributed by atoms with Gasteiger partial charge in [0, 0.05) is 19.1 Å². The van der Waals surface area contributed by atoms with Crippen molar-refractivity contribution >= 4 is 0 Å². The van der Waals surface area contributed by atoms with Gasteiger partial charge in [-0.2, -0.15) is 0 Å². The zero-order chi connectivity index (χ0) is 12.6. The van der Waals surface area contributed by atoms with Crippen molar-refractivity contribution < 1.29 is 4.74 Å². The average molecular weight is 247 g/mol. The SMILES string of the molecule is CCCNCC(COCC1CC1)c1ccccc1. The normalized spacial score (nSPS) is 16.7. The van der Waals surface area contributed by atoms with Gasteiger partial charge in [0.15, 0.2) is 0 Å². The minimum atomic E-state index is 0.483. The number of rotatable bonds is 9. The average Bonchev–Trinajstić information content (AvgIpc) is 3.22. The Bertz CT molecular complexity index is 321. The monoisotopic (exact) mass is 247 g/mol. The third kappa shape index (κ3) is 4.79. The Morgan fingerprint density at radius 2 is 2.06 bits per heavy atom. The van der Waals surface area contributed by atoms with E-state index in [0.29, 0.717) is 5.92 Å². The molecule has 1 aliphatic carbocycles. The van der Waals surface area contributed by atoms with Gasteiger partial charge in [0.2, 0.25) is 0 Å². The van der Waals surface area contributed by atoms with Gasteiger partial charge in [0.25, 0.3) is 0 Å². The molecule has 0 heterocycles. The van der Waals surface area contributed by atoms with E-state index in [1.165, 1.54) is 24.8 Å². The summed E-state index contributed by atoms with van der Waals surface area (Å²) >= 11 is 0. The molecule has 100 valence electrons. The second-order valence-corrected chi connectivity index (χ2v) is 5.29. The van der Waals surface area contributed by atoms with Crippen molar-refractivity contribution in [3.05, 3.63) is 35.9 Å². The van der Waals surface area contributed by atoms with Crippen LogP contribution >= 0.6 is 0 Å². The second kappa shape index (κ2) is 7.55. The maximum absolute atomic E-state index is 5.86. The van der Waals surface area contributed by atoms with Crippen LogP contribution in [0.5, 0.6) is 0 Å². The number of ether oxygens (including phenoxy) is 1. The maximum atomic E-state index is 5.86. The second-order valence-electron chi connectivity index (χ2n) is 5.29. The quantitative estimate of drug-likeness (QED) is 0.677. The molecule has 1 N–H and O–H groups in total. The molecule has 18 heavy (non-hydrogen) atoms. The number of nitrogens with one attached hydrogen (secondary N) is 1. The molecule has 0 spiro atoms. The molecule has 1 unspecified atom stereocenters. The summed E-state index contributed by atoms with van der Waals surface area (Å²) in [4.78, 5) is 0. The molecule has 2 rings (SSSR count). The smallest absolute Gasteiger partial charge is 0.0547 e. The predicted molar refractivity (Wildman–Crippen MR) is 75.9 cm³/mol. The van der Waals surface area contributed by atoms with E-state index >= 15 is 0 Å². The van der Waals surface area contributed by atoms with E-state index in [2.05, 4.69) is 42.6 Å². The third-order valence-electron chi connectivity index (χ3n) is 3.46. The van der Waals surface area contributed by atoms with Crippen LogP contribution in [0.1, 0.15) is 37.7 Å². The molecular formula is C16H25NO.